The molecule has 2 N–H and O–H groups in total. The maximum absolute atomic E-state index is 5.97. The number of aromatic nitrogens is 1. The summed E-state index contributed by atoms with van der Waals surface area (Å²) in [5.41, 5.74) is 1.01. The number of para-hydroxylation sites is 1. The molecule has 1 aromatic carbocycles. The number of nitrogens with one attached hydrogen (secondary N) is 2. The lowest BCUT2D eigenvalue weighted by atomic mass is 10.2. The van der Waals surface area contributed by atoms with Crippen molar-refractivity contribution in [3.8, 4) is 10.8 Å². The van der Waals surface area contributed by atoms with Gasteiger partial charge in [0.25, 0.3) is 0 Å². The number of guanidine groups is 1. The van der Waals surface area contributed by atoms with Crippen LogP contribution >= 0.6 is 35.3 Å². The van der Waals surface area contributed by atoms with Crippen molar-refractivity contribution in [3.05, 3.63) is 54.3 Å². The second kappa shape index (κ2) is 9.36. The van der Waals surface area contributed by atoms with E-state index in [1.54, 1.807) is 11.3 Å². The van der Waals surface area contributed by atoms with Crippen LogP contribution in [0.4, 0.5) is 0 Å². The van der Waals surface area contributed by atoms with E-state index in [9.17, 15) is 0 Å². The number of benzene rings is 1. The van der Waals surface area contributed by atoms with E-state index in [1.165, 1.54) is 4.70 Å². The summed E-state index contributed by atoms with van der Waals surface area (Å²) < 4.78 is 7.14. The molecule has 5 nitrogen and oxygen atoms in total. The van der Waals surface area contributed by atoms with Gasteiger partial charge in [-0.05, 0) is 44.0 Å². The number of thiazole rings is 1. The van der Waals surface area contributed by atoms with Gasteiger partial charge in [0.15, 0.2) is 16.7 Å². The molecule has 0 atom stereocenters. The van der Waals surface area contributed by atoms with Crippen LogP contribution in [0.2, 0.25) is 0 Å². The van der Waals surface area contributed by atoms with Crippen LogP contribution in [0.15, 0.2) is 58.0 Å². The van der Waals surface area contributed by atoms with E-state index >= 15 is 0 Å². The van der Waals surface area contributed by atoms with E-state index in [1.807, 2.05) is 30.3 Å². The second-order valence-electron chi connectivity index (χ2n) is 6.23. The average Bonchev–Trinajstić information content (AvgIpc) is 3.39. The first-order chi connectivity index (χ1) is 12.8. The van der Waals surface area contributed by atoms with Crippen molar-refractivity contribution in [3.63, 3.8) is 0 Å². The third kappa shape index (κ3) is 4.90. The maximum atomic E-state index is 5.97. The van der Waals surface area contributed by atoms with Crippen LogP contribution in [0.25, 0.3) is 21.0 Å². The summed E-state index contributed by atoms with van der Waals surface area (Å²) in [5.74, 6) is 2.47. The zero-order valence-electron chi connectivity index (χ0n) is 15.1. The largest absolute Gasteiger partial charge is 0.457 e. The van der Waals surface area contributed by atoms with Crippen molar-refractivity contribution in [1.29, 1.82) is 0 Å². The first-order valence-corrected chi connectivity index (χ1v) is 9.78. The molecule has 7 heteroatoms. The Balaban J connectivity index is 0.00000210. The van der Waals surface area contributed by atoms with E-state index in [2.05, 4.69) is 45.8 Å². The molecule has 2 heterocycles. The molecule has 1 aliphatic carbocycles. The van der Waals surface area contributed by atoms with Crippen LogP contribution in [-0.2, 0) is 6.54 Å². The molecular formula is C20H23IN4OS. The molecule has 1 aliphatic rings. The first kappa shape index (κ1) is 19.9. The van der Waals surface area contributed by atoms with Gasteiger partial charge in [-0.25, -0.2) is 9.98 Å². The molecule has 4 rings (SSSR count). The predicted octanol–water partition coefficient (Wildman–Crippen LogP) is 4.95. The Bertz CT molecular complexity index is 905. The molecule has 2 aromatic heterocycles. The highest BCUT2D eigenvalue weighted by atomic mass is 127. The highest BCUT2D eigenvalue weighted by molar-refractivity contribution is 14.0. The fraction of sp³-hybridized carbons (Fsp3) is 0.300. The number of nitrogens with zero attached hydrogens (tertiary/aromatic N) is 2. The third-order valence-electron chi connectivity index (χ3n) is 4.25. The first-order valence-electron chi connectivity index (χ1n) is 8.96. The molecule has 27 heavy (non-hydrogen) atoms. The average molecular weight is 494 g/mol. The van der Waals surface area contributed by atoms with Crippen LogP contribution in [0.1, 0.15) is 25.5 Å². The van der Waals surface area contributed by atoms with Gasteiger partial charge in [-0.15, -0.1) is 35.3 Å². The van der Waals surface area contributed by atoms with Crippen molar-refractivity contribution in [2.45, 2.75) is 32.4 Å². The molecule has 0 saturated carbocycles. The van der Waals surface area contributed by atoms with Crippen molar-refractivity contribution >= 4 is 51.5 Å². The topological polar surface area (TPSA) is 62.5 Å². The van der Waals surface area contributed by atoms with Gasteiger partial charge in [0.05, 0.1) is 10.2 Å². The fourth-order valence-corrected chi connectivity index (χ4v) is 3.89. The standard InChI is InChI=1S/C20H22N4OS.HI/c1-2-21-20(23-14-7-3-4-8-14)22-13-15-11-12-17(25-15)19-24-16-9-5-6-10-18(16)26-19;/h3-6,9-12,14H,2,7-8,13H2,1H3,(H2,21,22,23);1H. The lowest BCUT2D eigenvalue weighted by Crippen LogP contribution is -2.42. The molecule has 142 valence electrons. The van der Waals surface area contributed by atoms with Gasteiger partial charge >= 0.3 is 0 Å². The van der Waals surface area contributed by atoms with Crippen LogP contribution in [-0.4, -0.2) is 23.5 Å². The SMILES string of the molecule is CCNC(=NCc1ccc(-c2nc3ccccc3s2)o1)NC1CC=CC1.I. The van der Waals surface area contributed by atoms with Crippen molar-refractivity contribution in [2.24, 2.45) is 4.99 Å². The van der Waals surface area contributed by atoms with Crippen molar-refractivity contribution in [1.82, 2.24) is 15.6 Å². The summed E-state index contributed by atoms with van der Waals surface area (Å²) in [6, 6.07) is 12.5. The summed E-state index contributed by atoms with van der Waals surface area (Å²) in [6.07, 6.45) is 6.51. The van der Waals surface area contributed by atoms with Crippen LogP contribution in [0.5, 0.6) is 0 Å². The number of hydrogen-bond donors (Lipinski definition) is 2. The summed E-state index contributed by atoms with van der Waals surface area (Å²) in [5, 5.41) is 7.67. The van der Waals surface area contributed by atoms with Crippen LogP contribution in [0, 0.1) is 0 Å². The number of aliphatic imine (C=N–C) groups is 1. The Hall–Kier alpha value is -1.87. The molecule has 0 aliphatic heterocycles. The van der Waals surface area contributed by atoms with E-state index < -0.39 is 0 Å². The molecule has 3 aromatic rings. The number of halogens is 1. The lowest BCUT2D eigenvalue weighted by Gasteiger charge is -2.16. The Labute approximate surface area is 180 Å². The highest BCUT2D eigenvalue weighted by Crippen LogP contribution is 2.31. The molecular weight excluding hydrogens is 471 g/mol. The third-order valence-corrected chi connectivity index (χ3v) is 5.30. The van der Waals surface area contributed by atoms with Crippen LogP contribution < -0.4 is 10.6 Å². The van der Waals surface area contributed by atoms with Gasteiger partial charge in [-0.3, -0.25) is 0 Å². The monoisotopic (exact) mass is 494 g/mol. The van der Waals surface area contributed by atoms with Gasteiger partial charge in [0.2, 0.25) is 0 Å². The molecule has 0 unspecified atom stereocenters. The highest BCUT2D eigenvalue weighted by Gasteiger charge is 2.13. The Morgan fingerprint density at radius 2 is 2.04 bits per heavy atom. The number of rotatable bonds is 5. The maximum Gasteiger partial charge on any atom is 0.191 e. The van der Waals surface area contributed by atoms with Crippen LogP contribution in [0.3, 0.4) is 0 Å². The number of hydrogen-bond acceptors (Lipinski definition) is 4. The second-order valence-corrected chi connectivity index (χ2v) is 7.26. The Morgan fingerprint density at radius 3 is 2.81 bits per heavy atom. The summed E-state index contributed by atoms with van der Waals surface area (Å²) in [4.78, 5) is 9.30. The van der Waals surface area contributed by atoms with Crippen molar-refractivity contribution < 1.29 is 4.42 Å². The van der Waals surface area contributed by atoms with E-state index in [0.29, 0.717) is 12.6 Å². The summed E-state index contributed by atoms with van der Waals surface area (Å²) in [7, 11) is 0. The zero-order chi connectivity index (χ0) is 17.8. The van der Waals surface area contributed by atoms with Gasteiger partial charge in [-0.2, -0.15) is 0 Å². The molecule has 0 spiro atoms. The van der Waals surface area contributed by atoms with Gasteiger partial charge in [0, 0.05) is 12.6 Å². The molecule has 0 fully saturated rings. The number of furan rings is 1. The molecule has 0 bridgehead atoms. The minimum absolute atomic E-state index is 0. The smallest absolute Gasteiger partial charge is 0.191 e. The van der Waals surface area contributed by atoms with E-state index in [4.69, 9.17) is 4.42 Å². The molecule has 0 amide bonds. The van der Waals surface area contributed by atoms with Crippen molar-refractivity contribution in [2.75, 3.05) is 6.54 Å². The predicted molar refractivity (Wildman–Crippen MR) is 123 cm³/mol. The zero-order valence-corrected chi connectivity index (χ0v) is 18.3. The lowest BCUT2D eigenvalue weighted by molar-refractivity contribution is 0.523. The summed E-state index contributed by atoms with van der Waals surface area (Å²) >= 11 is 1.65. The molecule has 0 radical (unpaired) electrons. The molecule has 0 saturated heterocycles. The van der Waals surface area contributed by atoms with E-state index in [0.717, 1.165) is 47.4 Å². The Morgan fingerprint density at radius 1 is 1.22 bits per heavy atom. The normalized spacial score (nSPS) is 14.5. The Kier molecular flexibility index (Phi) is 6.89. The summed E-state index contributed by atoms with van der Waals surface area (Å²) in [6.45, 7) is 3.41. The fourth-order valence-electron chi connectivity index (χ4n) is 2.96. The minimum atomic E-state index is 0. The van der Waals surface area contributed by atoms with E-state index in [-0.39, 0.29) is 24.0 Å². The van der Waals surface area contributed by atoms with Gasteiger partial charge in [-0.1, -0.05) is 24.3 Å². The quantitative estimate of drug-likeness (QED) is 0.228. The van der Waals surface area contributed by atoms with Gasteiger partial charge < -0.3 is 15.1 Å². The number of fused-ring (bicyclic) bond motifs is 1. The minimum Gasteiger partial charge on any atom is -0.457 e. The van der Waals surface area contributed by atoms with Gasteiger partial charge in [0.1, 0.15) is 12.3 Å².